The van der Waals surface area contributed by atoms with Crippen LogP contribution in [0.1, 0.15) is 47.1 Å². The second-order valence-corrected chi connectivity index (χ2v) is 9.59. The van der Waals surface area contributed by atoms with Gasteiger partial charge in [0, 0.05) is 11.5 Å². The summed E-state index contributed by atoms with van der Waals surface area (Å²) in [4.78, 5) is 24.2. The largest absolute Gasteiger partial charge is 0.497 e. The third kappa shape index (κ3) is 9.88. The van der Waals surface area contributed by atoms with Gasteiger partial charge in [-0.3, -0.25) is 4.79 Å². The Morgan fingerprint density at radius 2 is 1.68 bits per heavy atom. The van der Waals surface area contributed by atoms with Crippen molar-refractivity contribution in [3.63, 3.8) is 0 Å². The third-order valence-corrected chi connectivity index (χ3v) is 4.67. The topological polar surface area (TPSA) is 73.9 Å². The zero-order valence-corrected chi connectivity index (χ0v) is 18.8. The van der Waals surface area contributed by atoms with Crippen LogP contribution >= 0.6 is 11.8 Å². The molecular weight excluding hydrogens is 378 g/mol. The van der Waals surface area contributed by atoms with Gasteiger partial charge in [0.15, 0.2) is 0 Å². The molecule has 0 bridgehead atoms. The standard InChI is InChI=1S/C21H33NO5S/c1-20(2,3)18(23)26-12-16(22-19(24)27-21(4,5)6)14-28-13-15-8-10-17(25-7)11-9-15/h8-11,16H,12-14H2,1-7H3,(H,22,24). The predicted octanol–water partition coefficient (Wildman–Crippen LogP) is 4.41. The van der Waals surface area contributed by atoms with Crippen LogP contribution in [-0.2, 0) is 20.0 Å². The lowest BCUT2D eigenvalue weighted by molar-refractivity contribution is -0.153. The molecule has 1 unspecified atom stereocenters. The van der Waals surface area contributed by atoms with Gasteiger partial charge in [-0.1, -0.05) is 12.1 Å². The second-order valence-electron chi connectivity index (χ2n) is 8.55. The van der Waals surface area contributed by atoms with E-state index in [1.165, 1.54) is 0 Å². The number of hydrogen-bond acceptors (Lipinski definition) is 6. The number of carbonyl (C=O) groups is 2. The lowest BCUT2D eigenvalue weighted by Gasteiger charge is -2.24. The van der Waals surface area contributed by atoms with Crippen molar-refractivity contribution in [3.8, 4) is 5.75 Å². The first kappa shape index (κ1) is 24.1. The van der Waals surface area contributed by atoms with Gasteiger partial charge < -0.3 is 19.5 Å². The molecule has 0 aliphatic heterocycles. The lowest BCUT2D eigenvalue weighted by Crippen LogP contribution is -2.44. The Morgan fingerprint density at radius 3 is 2.18 bits per heavy atom. The maximum Gasteiger partial charge on any atom is 0.408 e. The fraction of sp³-hybridized carbons (Fsp3) is 0.619. The number of amides is 1. The molecule has 0 heterocycles. The van der Waals surface area contributed by atoms with E-state index in [0.29, 0.717) is 5.75 Å². The summed E-state index contributed by atoms with van der Waals surface area (Å²) in [6.07, 6.45) is -0.519. The molecule has 1 rings (SSSR count). The smallest absolute Gasteiger partial charge is 0.408 e. The summed E-state index contributed by atoms with van der Waals surface area (Å²) in [5, 5.41) is 2.81. The Morgan fingerprint density at radius 1 is 1.07 bits per heavy atom. The molecule has 28 heavy (non-hydrogen) atoms. The minimum absolute atomic E-state index is 0.102. The van der Waals surface area contributed by atoms with Crippen LogP contribution in [0.3, 0.4) is 0 Å². The highest BCUT2D eigenvalue weighted by Crippen LogP contribution is 2.19. The van der Waals surface area contributed by atoms with Crippen LogP contribution < -0.4 is 10.1 Å². The average Bonchev–Trinajstić information content (AvgIpc) is 2.57. The Balaban J connectivity index is 2.62. The van der Waals surface area contributed by atoms with Gasteiger partial charge in [-0.2, -0.15) is 11.8 Å². The molecule has 1 atom stereocenters. The van der Waals surface area contributed by atoms with E-state index >= 15 is 0 Å². The van der Waals surface area contributed by atoms with E-state index in [2.05, 4.69) is 5.32 Å². The van der Waals surface area contributed by atoms with Gasteiger partial charge in [0.1, 0.15) is 18.0 Å². The highest BCUT2D eigenvalue weighted by molar-refractivity contribution is 7.98. The first-order chi connectivity index (χ1) is 12.9. The van der Waals surface area contributed by atoms with Gasteiger partial charge >= 0.3 is 12.1 Å². The van der Waals surface area contributed by atoms with E-state index in [-0.39, 0.29) is 18.6 Å². The molecule has 1 aromatic carbocycles. The zero-order chi connectivity index (χ0) is 21.4. The number of rotatable bonds is 8. The summed E-state index contributed by atoms with van der Waals surface area (Å²) in [5.41, 5.74) is -0.0341. The SMILES string of the molecule is COc1ccc(CSCC(COC(=O)C(C)(C)C)NC(=O)OC(C)(C)C)cc1. The minimum atomic E-state index is -0.591. The molecule has 0 fully saturated rings. The Kier molecular flexibility index (Phi) is 9.14. The second kappa shape index (κ2) is 10.6. The van der Waals surface area contributed by atoms with Crippen molar-refractivity contribution < 1.29 is 23.8 Å². The van der Waals surface area contributed by atoms with Crippen molar-refractivity contribution in [2.75, 3.05) is 19.5 Å². The van der Waals surface area contributed by atoms with Crippen LogP contribution in [0, 0.1) is 5.41 Å². The van der Waals surface area contributed by atoms with Gasteiger partial charge in [0.05, 0.1) is 18.6 Å². The van der Waals surface area contributed by atoms with Crippen LogP contribution in [0.15, 0.2) is 24.3 Å². The zero-order valence-electron chi connectivity index (χ0n) is 18.0. The quantitative estimate of drug-likeness (QED) is 0.639. The van der Waals surface area contributed by atoms with Crippen molar-refractivity contribution in [2.45, 2.75) is 58.9 Å². The van der Waals surface area contributed by atoms with Crippen molar-refractivity contribution in [1.29, 1.82) is 0 Å². The van der Waals surface area contributed by atoms with E-state index < -0.39 is 17.1 Å². The molecule has 158 valence electrons. The lowest BCUT2D eigenvalue weighted by atomic mass is 9.97. The number of esters is 1. The van der Waals surface area contributed by atoms with Crippen molar-refractivity contribution in [3.05, 3.63) is 29.8 Å². The maximum atomic E-state index is 12.1. The number of nitrogens with one attached hydrogen (secondary N) is 1. The molecule has 7 heteroatoms. The molecule has 0 aliphatic rings. The molecule has 1 aromatic rings. The number of alkyl carbamates (subject to hydrolysis) is 1. The molecule has 0 saturated carbocycles. The van der Waals surface area contributed by atoms with E-state index in [9.17, 15) is 9.59 Å². The van der Waals surface area contributed by atoms with E-state index in [0.717, 1.165) is 17.1 Å². The van der Waals surface area contributed by atoms with Gasteiger partial charge in [-0.15, -0.1) is 0 Å². The van der Waals surface area contributed by atoms with Crippen molar-refractivity contribution >= 4 is 23.8 Å². The minimum Gasteiger partial charge on any atom is -0.497 e. The van der Waals surface area contributed by atoms with Gasteiger partial charge in [-0.05, 0) is 59.2 Å². The van der Waals surface area contributed by atoms with E-state index in [4.69, 9.17) is 14.2 Å². The molecule has 1 amide bonds. The van der Waals surface area contributed by atoms with E-state index in [1.807, 2.05) is 24.3 Å². The molecule has 0 spiro atoms. The molecule has 0 aliphatic carbocycles. The fourth-order valence-corrected chi connectivity index (χ4v) is 3.05. The number of benzene rings is 1. The first-order valence-corrected chi connectivity index (χ1v) is 10.4. The van der Waals surface area contributed by atoms with Crippen LogP contribution in [0.5, 0.6) is 5.75 Å². The summed E-state index contributed by atoms with van der Waals surface area (Å²) >= 11 is 1.64. The Labute approximate surface area is 172 Å². The fourth-order valence-electron chi connectivity index (χ4n) is 2.04. The van der Waals surface area contributed by atoms with Crippen LogP contribution in [-0.4, -0.2) is 43.2 Å². The molecule has 1 N–H and O–H groups in total. The Hall–Kier alpha value is -1.89. The summed E-state index contributed by atoms with van der Waals surface area (Å²) in [6, 6.07) is 7.49. The highest BCUT2D eigenvalue weighted by Gasteiger charge is 2.25. The molecule has 6 nitrogen and oxygen atoms in total. The predicted molar refractivity (Wildman–Crippen MR) is 113 cm³/mol. The number of carbonyl (C=O) groups excluding carboxylic acids is 2. The molecule has 0 aromatic heterocycles. The third-order valence-electron chi connectivity index (χ3n) is 3.50. The first-order valence-electron chi connectivity index (χ1n) is 9.28. The van der Waals surface area contributed by atoms with Crippen LogP contribution in [0.2, 0.25) is 0 Å². The summed E-state index contributed by atoms with van der Waals surface area (Å²) in [7, 11) is 1.63. The summed E-state index contributed by atoms with van der Waals surface area (Å²) < 4.78 is 15.9. The molecule has 0 saturated heterocycles. The summed E-state index contributed by atoms with van der Waals surface area (Å²) in [6.45, 7) is 10.9. The van der Waals surface area contributed by atoms with E-state index in [1.54, 1.807) is 60.4 Å². The van der Waals surface area contributed by atoms with Gasteiger partial charge in [-0.25, -0.2) is 4.79 Å². The maximum absolute atomic E-state index is 12.1. The Bertz CT molecular complexity index is 632. The normalized spacial score (nSPS) is 12.8. The molecular formula is C21H33NO5S. The number of thioether (sulfide) groups is 1. The summed E-state index contributed by atoms with van der Waals surface area (Å²) in [5.74, 6) is 1.86. The highest BCUT2D eigenvalue weighted by atomic mass is 32.2. The average molecular weight is 412 g/mol. The van der Waals surface area contributed by atoms with Crippen LogP contribution in [0.25, 0.3) is 0 Å². The number of methoxy groups -OCH3 is 1. The van der Waals surface area contributed by atoms with Crippen molar-refractivity contribution in [2.24, 2.45) is 5.41 Å². The van der Waals surface area contributed by atoms with Crippen molar-refractivity contribution in [1.82, 2.24) is 5.32 Å². The van der Waals surface area contributed by atoms with Crippen LogP contribution in [0.4, 0.5) is 4.79 Å². The van der Waals surface area contributed by atoms with Gasteiger partial charge in [0.25, 0.3) is 0 Å². The van der Waals surface area contributed by atoms with Gasteiger partial charge in [0.2, 0.25) is 0 Å². The monoisotopic (exact) mass is 411 g/mol. The number of hydrogen-bond donors (Lipinski definition) is 1. The molecule has 0 radical (unpaired) electrons. The number of ether oxygens (including phenoxy) is 3.